The van der Waals surface area contributed by atoms with Gasteiger partial charge in [-0.05, 0) is 17.7 Å². The van der Waals surface area contributed by atoms with Gasteiger partial charge in [0.05, 0.1) is 12.2 Å². The standard InChI is InChI=1S/C20H23N3OS.ClH/c21-17-13-22(12-16(17)15-6-2-1-3-7-15)14-20(24)23-10-11-25-19-9-5-4-8-18(19)23;/h1-9,16-17H,10-14,21H2;1H/t16-,17+;/m0./s1. The molecular weight excluding hydrogens is 366 g/mol. The number of halogens is 1. The number of nitrogens with two attached hydrogens (primary N) is 1. The van der Waals surface area contributed by atoms with Crippen LogP contribution in [0.4, 0.5) is 5.69 Å². The quantitative estimate of drug-likeness (QED) is 0.876. The minimum atomic E-state index is 0. The van der Waals surface area contributed by atoms with Crippen LogP contribution in [-0.4, -0.2) is 48.8 Å². The number of anilines is 1. The average Bonchev–Trinajstić information content (AvgIpc) is 3.02. The molecule has 0 bridgehead atoms. The van der Waals surface area contributed by atoms with E-state index in [1.807, 2.05) is 40.9 Å². The fraction of sp³-hybridized carbons (Fsp3) is 0.350. The lowest BCUT2D eigenvalue weighted by Gasteiger charge is -2.30. The third-order valence-corrected chi connectivity index (χ3v) is 6.10. The van der Waals surface area contributed by atoms with Crippen molar-refractivity contribution >= 4 is 35.8 Å². The van der Waals surface area contributed by atoms with Crippen LogP contribution in [0.5, 0.6) is 0 Å². The molecule has 4 rings (SSSR count). The summed E-state index contributed by atoms with van der Waals surface area (Å²) in [6.45, 7) is 2.84. The molecule has 0 radical (unpaired) electrons. The van der Waals surface area contributed by atoms with Crippen molar-refractivity contribution in [2.24, 2.45) is 5.73 Å². The highest BCUT2D eigenvalue weighted by Gasteiger charge is 2.33. The van der Waals surface area contributed by atoms with Crippen molar-refractivity contribution in [2.45, 2.75) is 16.9 Å². The summed E-state index contributed by atoms with van der Waals surface area (Å²) in [7, 11) is 0. The lowest BCUT2D eigenvalue weighted by molar-refractivity contribution is -0.119. The van der Waals surface area contributed by atoms with Crippen LogP contribution < -0.4 is 10.6 Å². The number of nitrogens with zero attached hydrogens (tertiary/aromatic N) is 2. The Labute approximate surface area is 165 Å². The van der Waals surface area contributed by atoms with E-state index in [-0.39, 0.29) is 24.4 Å². The molecule has 2 aliphatic heterocycles. The summed E-state index contributed by atoms with van der Waals surface area (Å²) in [6, 6.07) is 18.7. The second-order valence-electron chi connectivity index (χ2n) is 6.74. The Hall–Kier alpha value is -1.53. The molecule has 1 fully saturated rings. The van der Waals surface area contributed by atoms with Gasteiger partial charge in [-0.25, -0.2) is 0 Å². The van der Waals surface area contributed by atoms with Gasteiger partial charge < -0.3 is 10.6 Å². The zero-order chi connectivity index (χ0) is 17.2. The largest absolute Gasteiger partial charge is 0.326 e. The van der Waals surface area contributed by atoms with Crippen molar-refractivity contribution in [2.75, 3.05) is 36.8 Å². The number of hydrogen-bond donors (Lipinski definition) is 1. The molecule has 2 aromatic carbocycles. The van der Waals surface area contributed by atoms with Crippen molar-refractivity contribution in [3.05, 3.63) is 60.2 Å². The fourth-order valence-electron chi connectivity index (χ4n) is 3.80. The van der Waals surface area contributed by atoms with Gasteiger partial charge in [0.15, 0.2) is 0 Å². The smallest absolute Gasteiger partial charge is 0.241 e. The van der Waals surface area contributed by atoms with Crippen LogP contribution in [0.1, 0.15) is 11.5 Å². The normalized spacial score (nSPS) is 22.6. The summed E-state index contributed by atoms with van der Waals surface area (Å²) in [5.41, 5.74) is 8.68. The summed E-state index contributed by atoms with van der Waals surface area (Å²) in [4.78, 5) is 18.2. The Bertz CT molecular complexity index is 758. The summed E-state index contributed by atoms with van der Waals surface area (Å²) >= 11 is 1.82. The minimum Gasteiger partial charge on any atom is -0.326 e. The van der Waals surface area contributed by atoms with Gasteiger partial charge in [-0.15, -0.1) is 24.2 Å². The molecule has 2 atom stereocenters. The van der Waals surface area contributed by atoms with E-state index in [2.05, 4.69) is 35.2 Å². The van der Waals surface area contributed by atoms with Crippen LogP contribution in [0.3, 0.4) is 0 Å². The number of amides is 1. The number of rotatable bonds is 3. The predicted molar refractivity (Wildman–Crippen MR) is 110 cm³/mol. The number of para-hydroxylation sites is 1. The first-order valence-corrected chi connectivity index (χ1v) is 9.76. The molecule has 6 heteroatoms. The number of carbonyl (C=O) groups is 1. The molecular formula is C20H24ClN3OS. The summed E-state index contributed by atoms with van der Waals surface area (Å²) < 4.78 is 0. The monoisotopic (exact) mass is 389 g/mol. The summed E-state index contributed by atoms with van der Waals surface area (Å²) in [5.74, 6) is 1.43. The molecule has 0 spiro atoms. The van der Waals surface area contributed by atoms with Crippen molar-refractivity contribution in [1.82, 2.24) is 4.90 Å². The van der Waals surface area contributed by atoms with Gasteiger partial charge in [0.25, 0.3) is 0 Å². The van der Waals surface area contributed by atoms with Gasteiger partial charge in [0, 0.05) is 42.2 Å². The van der Waals surface area contributed by atoms with Crippen molar-refractivity contribution in [3.8, 4) is 0 Å². The molecule has 2 heterocycles. The number of benzene rings is 2. The van der Waals surface area contributed by atoms with E-state index in [0.717, 1.165) is 31.1 Å². The molecule has 1 saturated heterocycles. The highest BCUT2D eigenvalue weighted by atomic mass is 35.5. The maximum atomic E-state index is 12.9. The Morgan fingerprint density at radius 3 is 2.62 bits per heavy atom. The van der Waals surface area contributed by atoms with Gasteiger partial charge in [-0.3, -0.25) is 9.69 Å². The maximum absolute atomic E-state index is 12.9. The molecule has 138 valence electrons. The number of thioether (sulfide) groups is 1. The van der Waals surface area contributed by atoms with Crippen LogP contribution in [-0.2, 0) is 4.79 Å². The first-order valence-electron chi connectivity index (χ1n) is 8.77. The Kier molecular flexibility index (Phi) is 6.24. The summed E-state index contributed by atoms with van der Waals surface area (Å²) in [5, 5.41) is 0. The van der Waals surface area contributed by atoms with Crippen LogP contribution in [0.15, 0.2) is 59.5 Å². The van der Waals surface area contributed by atoms with E-state index < -0.39 is 0 Å². The third-order valence-electron chi connectivity index (χ3n) is 5.06. The van der Waals surface area contributed by atoms with Crippen LogP contribution >= 0.6 is 24.2 Å². The topological polar surface area (TPSA) is 49.6 Å². The lowest BCUT2D eigenvalue weighted by Crippen LogP contribution is -2.42. The average molecular weight is 390 g/mol. The predicted octanol–water partition coefficient (Wildman–Crippen LogP) is 2.97. The van der Waals surface area contributed by atoms with E-state index in [4.69, 9.17) is 5.73 Å². The molecule has 0 saturated carbocycles. The Balaban J connectivity index is 0.00000196. The van der Waals surface area contributed by atoms with E-state index in [0.29, 0.717) is 12.5 Å². The van der Waals surface area contributed by atoms with E-state index in [1.165, 1.54) is 10.5 Å². The molecule has 2 aromatic rings. The number of likely N-dealkylation sites (tertiary alicyclic amines) is 1. The van der Waals surface area contributed by atoms with Gasteiger partial charge in [-0.1, -0.05) is 42.5 Å². The van der Waals surface area contributed by atoms with Crippen LogP contribution in [0.25, 0.3) is 0 Å². The molecule has 2 aliphatic rings. The second kappa shape index (κ2) is 8.44. The number of carbonyl (C=O) groups excluding carboxylic acids is 1. The number of hydrogen-bond acceptors (Lipinski definition) is 4. The van der Waals surface area contributed by atoms with Crippen LogP contribution in [0, 0.1) is 0 Å². The zero-order valence-electron chi connectivity index (χ0n) is 14.6. The highest BCUT2D eigenvalue weighted by Crippen LogP contribution is 2.34. The van der Waals surface area contributed by atoms with E-state index in [1.54, 1.807) is 0 Å². The van der Waals surface area contributed by atoms with E-state index >= 15 is 0 Å². The first-order chi connectivity index (χ1) is 12.2. The molecule has 0 aliphatic carbocycles. The Morgan fingerprint density at radius 2 is 1.81 bits per heavy atom. The van der Waals surface area contributed by atoms with Gasteiger partial charge >= 0.3 is 0 Å². The minimum absolute atomic E-state index is 0. The third kappa shape index (κ3) is 3.91. The van der Waals surface area contributed by atoms with Crippen molar-refractivity contribution < 1.29 is 4.79 Å². The molecule has 4 nitrogen and oxygen atoms in total. The van der Waals surface area contributed by atoms with Crippen molar-refractivity contribution in [1.29, 1.82) is 0 Å². The van der Waals surface area contributed by atoms with Crippen LogP contribution in [0.2, 0.25) is 0 Å². The van der Waals surface area contributed by atoms with E-state index in [9.17, 15) is 4.79 Å². The molecule has 1 amide bonds. The zero-order valence-corrected chi connectivity index (χ0v) is 16.2. The second-order valence-corrected chi connectivity index (χ2v) is 7.87. The van der Waals surface area contributed by atoms with Gasteiger partial charge in [0.1, 0.15) is 0 Å². The maximum Gasteiger partial charge on any atom is 0.241 e. The molecule has 26 heavy (non-hydrogen) atoms. The lowest BCUT2D eigenvalue weighted by atomic mass is 9.95. The number of fused-ring (bicyclic) bond motifs is 1. The Morgan fingerprint density at radius 1 is 1.08 bits per heavy atom. The van der Waals surface area contributed by atoms with Gasteiger partial charge in [-0.2, -0.15) is 0 Å². The first kappa shape index (κ1) is 19.2. The molecule has 2 N–H and O–H groups in total. The van der Waals surface area contributed by atoms with Gasteiger partial charge in [0.2, 0.25) is 5.91 Å². The highest BCUT2D eigenvalue weighted by molar-refractivity contribution is 7.99. The molecule has 0 unspecified atom stereocenters. The summed E-state index contributed by atoms with van der Waals surface area (Å²) in [6.07, 6.45) is 0. The fourth-order valence-corrected chi connectivity index (χ4v) is 4.80. The molecule has 0 aromatic heterocycles. The SMILES string of the molecule is Cl.N[C@@H]1CN(CC(=O)N2CCSc3ccccc32)C[C@H]1c1ccccc1. The van der Waals surface area contributed by atoms with Crippen molar-refractivity contribution in [3.63, 3.8) is 0 Å².